The van der Waals surface area contributed by atoms with Gasteiger partial charge in [-0.25, -0.2) is 4.79 Å². The quantitative estimate of drug-likeness (QED) is 0.412. The van der Waals surface area contributed by atoms with Crippen LogP contribution >= 0.6 is 0 Å². The van der Waals surface area contributed by atoms with Crippen LogP contribution < -0.4 is 27.2 Å². The zero-order chi connectivity index (χ0) is 22.4. The molecule has 1 amide bonds. The molecule has 0 unspecified atom stereocenters. The number of nitrogens with two attached hydrogens (primary N) is 1. The summed E-state index contributed by atoms with van der Waals surface area (Å²) >= 11 is 0. The molecule has 11 nitrogen and oxygen atoms in total. The Morgan fingerprint density at radius 1 is 1.37 bits per heavy atom. The van der Waals surface area contributed by atoms with E-state index >= 15 is 0 Å². The number of amides is 1. The highest BCUT2D eigenvalue weighted by Gasteiger charge is 2.18. The molecule has 0 fully saturated rings. The molecule has 0 saturated heterocycles. The van der Waals surface area contributed by atoms with E-state index in [1.54, 1.807) is 20.0 Å². The van der Waals surface area contributed by atoms with Crippen LogP contribution in [0.15, 0.2) is 27.8 Å². The van der Waals surface area contributed by atoms with Crippen molar-refractivity contribution < 1.29 is 9.72 Å². The molecular formula is C19H26N6O5. The average molecular weight is 418 g/mol. The van der Waals surface area contributed by atoms with Crippen LogP contribution in [0, 0.1) is 17.0 Å². The minimum Gasteiger partial charge on any atom is -0.383 e. The maximum atomic E-state index is 12.3. The monoisotopic (exact) mass is 418 g/mol. The number of aromatic nitrogens is 2. The summed E-state index contributed by atoms with van der Waals surface area (Å²) in [5.74, 6) is -0.325. The number of nitro benzene ring substituents is 1. The molecule has 2 aromatic rings. The molecule has 4 N–H and O–H groups in total. The van der Waals surface area contributed by atoms with Crippen molar-refractivity contribution in [3.8, 4) is 0 Å². The average Bonchev–Trinajstić information content (AvgIpc) is 2.67. The second kappa shape index (κ2) is 9.72. The fourth-order valence-corrected chi connectivity index (χ4v) is 3.03. The molecule has 11 heteroatoms. The lowest BCUT2D eigenvalue weighted by atomic mass is 10.1. The van der Waals surface area contributed by atoms with E-state index in [9.17, 15) is 24.5 Å². The summed E-state index contributed by atoms with van der Waals surface area (Å²) in [5.41, 5.74) is 5.60. The van der Waals surface area contributed by atoms with E-state index in [4.69, 9.17) is 5.73 Å². The topological polar surface area (TPSA) is 156 Å². The second-order valence-electron chi connectivity index (χ2n) is 6.92. The van der Waals surface area contributed by atoms with Crippen LogP contribution in [0.4, 0.5) is 22.9 Å². The highest BCUT2D eigenvalue weighted by molar-refractivity contribution is 5.92. The van der Waals surface area contributed by atoms with Crippen LogP contribution in [0.2, 0.25) is 0 Å². The van der Waals surface area contributed by atoms with Gasteiger partial charge in [0, 0.05) is 32.6 Å². The van der Waals surface area contributed by atoms with E-state index < -0.39 is 16.2 Å². The Morgan fingerprint density at radius 3 is 2.70 bits per heavy atom. The van der Waals surface area contributed by atoms with Crippen LogP contribution in [0.1, 0.15) is 31.7 Å². The Balaban J connectivity index is 2.13. The lowest BCUT2D eigenvalue weighted by Gasteiger charge is -2.21. The molecule has 1 aromatic heterocycles. The van der Waals surface area contributed by atoms with Crippen LogP contribution in [-0.2, 0) is 11.3 Å². The molecule has 0 bridgehead atoms. The first kappa shape index (κ1) is 22.7. The largest absolute Gasteiger partial charge is 0.383 e. The summed E-state index contributed by atoms with van der Waals surface area (Å²) in [4.78, 5) is 50.9. The number of benzene rings is 1. The van der Waals surface area contributed by atoms with Gasteiger partial charge in [-0.15, -0.1) is 0 Å². The summed E-state index contributed by atoms with van der Waals surface area (Å²) in [6.07, 6.45) is 1.59. The SMILES string of the molecule is CCCCn1c(N)c(N(C)CCC(=O)Nc2cccc([N+](=O)[O-])c2C)c(=O)[nH]c1=O. The molecule has 30 heavy (non-hydrogen) atoms. The first-order chi connectivity index (χ1) is 14.2. The van der Waals surface area contributed by atoms with Crippen molar-refractivity contribution >= 4 is 28.8 Å². The summed E-state index contributed by atoms with van der Waals surface area (Å²) in [6.45, 7) is 4.06. The van der Waals surface area contributed by atoms with Gasteiger partial charge in [0.1, 0.15) is 11.5 Å². The van der Waals surface area contributed by atoms with Crippen molar-refractivity contribution in [1.29, 1.82) is 0 Å². The molecule has 0 atom stereocenters. The van der Waals surface area contributed by atoms with Crippen molar-refractivity contribution in [1.82, 2.24) is 9.55 Å². The zero-order valence-electron chi connectivity index (χ0n) is 17.2. The van der Waals surface area contributed by atoms with Gasteiger partial charge in [0.25, 0.3) is 11.2 Å². The first-order valence-corrected chi connectivity index (χ1v) is 9.54. The molecule has 0 radical (unpaired) electrons. The summed E-state index contributed by atoms with van der Waals surface area (Å²) in [7, 11) is 1.60. The van der Waals surface area contributed by atoms with E-state index in [-0.39, 0.29) is 36.1 Å². The number of unbranched alkanes of at least 4 members (excludes halogenated alkanes) is 1. The Kier molecular flexibility index (Phi) is 7.34. The number of aromatic amines is 1. The smallest absolute Gasteiger partial charge is 0.330 e. The van der Waals surface area contributed by atoms with Gasteiger partial charge < -0.3 is 16.0 Å². The number of rotatable bonds is 9. The van der Waals surface area contributed by atoms with Crippen LogP contribution in [-0.4, -0.2) is 34.0 Å². The number of H-pyrrole nitrogens is 1. The number of nitrogens with zero attached hydrogens (tertiary/aromatic N) is 3. The minimum absolute atomic E-state index is 0.00555. The van der Waals surface area contributed by atoms with E-state index in [2.05, 4.69) is 10.3 Å². The van der Waals surface area contributed by atoms with E-state index in [1.165, 1.54) is 21.6 Å². The molecule has 1 heterocycles. The Bertz CT molecular complexity index is 1060. The van der Waals surface area contributed by atoms with Crippen molar-refractivity contribution in [2.45, 2.75) is 39.7 Å². The number of nitrogens with one attached hydrogen (secondary N) is 2. The third-order valence-corrected chi connectivity index (χ3v) is 4.78. The molecule has 0 aliphatic carbocycles. The van der Waals surface area contributed by atoms with E-state index in [0.717, 1.165) is 12.8 Å². The molecule has 0 aliphatic rings. The van der Waals surface area contributed by atoms with Crippen LogP contribution in [0.5, 0.6) is 0 Å². The molecule has 162 valence electrons. The van der Waals surface area contributed by atoms with Gasteiger partial charge >= 0.3 is 5.69 Å². The number of hydrogen-bond acceptors (Lipinski definition) is 7. The predicted molar refractivity (Wildman–Crippen MR) is 115 cm³/mol. The fraction of sp³-hybridized carbons (Fsp3) is 0.421. The van der Waals surface area contributed by atoms with Gasteiger partial charge in [0.2, 0.25) is 5.91 Å². The van der Waals surface area contributed by atoms with Gasteiger partial charge in [-0.1, -0.05) is 19.4 Å². The van der Waals surface area contributed by atoms with Crippen molar-refractivity contribution in [2.24, 2.45) is 0 Å². The molecule has 0 aliphatic heterocycles. The molecule has 1 aromatic carbocycles. The van der Waals surface area contributed by atoms with Gasteiger partial charge in [-0.2, -0.15) is 0 Å². The second-order valence-corrected chi connectivity index (χ2v) is 6.92. The maximum Gasteiger partial charge on any atom is 0.330 e. The molecule has 0 spiro atoms. The lowest BCUT2D eigenvalue weighted by molar-refractivity contribution is -0.385. The van der Waals surface area contributed by atoms with E-state index in [1.807, 2.05) is 6.92 Å². The summed E-state index contributed by atoms with van der Waals surface area (Å²) < 4.78 is 1.31. The van der Waals surface area contributed by atoms with Gasteiger partial charge in [0.05, 0.1) is 16.2 Å². The lowest BCUT2D eigenvalue weighted by Crippen LogP contribution is -2.38. The summed E-state index contributed by atoms with van der Waals surface area (Å²) in [5, 5.41) is 13.7. The van der Waals surface area contributed by atoms with Crippen molar-refractivity contribution in [2.75, 3.05) is 29.5 Å². The van der Waals surface area contributed by atoms with Gasteiger partial charge in [-0.3, -0.25) is 29.3 Å². The number of carbonyl (C=O) groups is 1. The minimum atomic E-state index is -0.623. The maximum absolute atomic E-state index is 12.3. The highest BCUT2D eigenvalue weighted by atomic mass is 16.6. The number of nitrogen functional groups attached to an aromatic ring is 1. The first-order valence-electron chi connectivity index (χ1n) is 9.54. The third-order valence-electron chi connectivity index (χ3n) is 4.78. The molecule has 0 saturated carbocycles. The molecular weight excluding hydrogens is 392 g/mol. The Labute approximate surface area is 172 Å². The highest BCUT2D eigenvalue weighted by Crippen LogP contribution is 2.25. The standard InChI is InChI=1S/C19H26N6O5/c1-4-5-10-24-17(20)16(18(27)22-19(24)28)23(3)11-9-15(26)21-13-7-6-8-14(12(13)2)25(29)30/h6-8H,4-5,9-11,20H2,1-3H3,(H,21,26)(H,22,27,28). The fourth-order valence-electron chi connectivity index (χ4n) is 3.03. The normalized spacial score (nSPS) is 10.6. The third kappa shape index (κ3) is 5.04. The predicted octanol–water partition coefficient (Wildman–Crippen LogP) is 1.60. The zero-order valence-corrected chi connectivity index (χ0v) is 17.2. The molecule has 2 rings (SSSR count). The van der Waals surface area contributed by atoms with Crippen molar-refractivity contribution in [3.05, 3.63) is 54.7 Å². The number of nitro groups is 1. The number of hydrogen-bond donors (Lipinski definition) is 3. The Hall–Kier alpha value is -3.63. The summed E-state index contributed by atoms with van der Waals surface area (Å²) in [6, 6.07) is 4.43. The van der Waals surface area contributed by atoms with Gasteiger partial charge in [-0.05, 0) is 19.4 Å². The van der Waals surface area contributed by atoms with Crippen molar-refractivity contribution in [3.63, 3.8) is 0 Å². The number of anilines is 3. The van der Waals surface area contributed by atoms with E-state index in [0.29, 0.717) is 17.8 Å². The van der Waals surface area contributed by atoms with Crippen LogP contribution in [0.3, 0.4) is 0 Å². The van der Waals surface area contributed by atoms with Crippen LogP contribution in [0.25, 0.3) is 0 Å². The van der Waals surface area contributed by atoms with Gasteiger partial charge in [0.15, 0.2) is 0 Å². The Morgan fingerprint density at radius 2 is 2.07 bits per heavy atom. The number of carbonyl (C=O) groups excluding carboxylic acids is 1.